The molecule has 0 radical (unpaired) electrons. The van der Waals surface area contributed by atoms with Gasteiger partial charge in [-0.3, -0.25) is 9.48 Å². The summed E-state index contributed by atoms with van der Waals surface area (Å²) in [6.07, 6.45) is 1.80. The van der Waals surface area contributed by atoms with Gasteiger partial charge in [-0.05, 0) is 16.8 Å². The Labute approximate surface area is 122 Å². The Balaban J connectivity index is 1.97. The Kier molecular flexibility index (Phi) is 3.41. The van der Waals surface area contributed by atoms with Crippen molar-refractivity contribution < 1.29 is 4.79 Å². The van der Waals surface area contributed by atoms with Crippen LogP contribution in [0.25, 0.3) is 10.8 Å². The molecule has 0 spiro atoms. The predicted molar refractivity (Wildman–Crippen MR) is 83.0 cm³/mol. The van der Waals surface area contributed by atoms with Crippen LogP contribution in [0.4, 0.5) is 5.82 Å². The highest BCUT2D eigenvalue weighted by atomic mass is 16.1. The molecular weight excluding hydrogens is 264 g/mol. The Morgan fingerprint density at radius 1 is 1.24 bits per heavy atom. The number of nitrogens with zero attached hydrogens (tertiary/aromatic N) is 2. The van der Waals surface area contributed by atoms with Gasteiger partial charge in [0.15, 0.2) is 5.82 Å². The van der Waals surface area contributed by atoms with Gasteiger partial charge >= 0.3 is 0 Å². The third-order valence-corrected chi connectivity index (χ3v) is 3.39. The lowest BCUT2D eigenvalue weighted by molar-refractivity contribution is 0.102. The van der Waals surface area contributed by atoms with Gasteiger partial charge in [-0.1, -0.05) is 36.4 Å². The van der Waals surface area contributed by atoms with Crippen molar-refractivity contribution >= 4 is 22.5 Å². The number of carbonyl (C=O) groups is 1. The van der Waals surface area contributed by atoms with Crippen molar-refractivity contribution in [2.45, 2.75) is 6.54 Å². The highest BCUT2D eigenvalue weighted by Crippen LogP contribution is 2.20. The van der Waals surface area contributed by atoms with Gasteiger partial charge in [-0.15, -0.1) is 0 Å². The van der Waals surface area contributed by atoms with Crippen LogP contribution in [0.15, 0.2) is 48.7 Å². The molecule has 1 heterocycles. The summed E-state index contributed by atoms with van der Waals surface area (Å²) in [5, 5.41) is 9.02. The van der Waals surface area contributed by atoms with Gasteiger partial charge in [0.25, 0.3) is 5.91 Å². The van der Waals surface area contributed by atoms with Gasteiger partial charge in [0.1, 0.15) is 0 Å². The Bertz CT molecular complexity index is 802. The van der Waals surface area contributed by atoms with E-state index in [0.717, 1.165) is 16.3 Å². The summed E-state index contributed by atoms with van der Waals surface area (Å²) in [4.78, 5) is 12.5. The highest BCUT2D eigenvalue weighted by Gasteiger charge is 2.13. The van der Waals surface area contributed by atoms with Crippen LogP contribution in [0.1, 0.15) is 15.9 Å². The lowest BCUT2D eigenvalue weighted by Crippen LogP contribution is -2.14. The molecule has 0 saturated heterocycles. The monoisotopic (exact) mass is 280 g/mol. The molecule has 5 nitrogen and oxygen atoms in total. The number of nitrogens with one attached hydrogen (secondary N) is 1. The minimum Gasteiger partial charge on any atom is -0.326 e. The van der Waals surface area contributed by atoms with Crippen molar-refractivity contribution in [3.05, 3.63) is 59.8 Å². The number of carbonyl (C=O) groups excluding carboxylic acids is 1. The van der Waals surface area contributed by atoms with E-state index in [9.17, 15) is 4.79 Å². The number of fused-ring (bicyclic) bond motifs is 1. The largest absolute Gasteiger partial charge is 0.326 e. The zero-order chi connectivity index (χ0) is 14.8. The van der Waals surface area contributed by atoms with Gasteiger partial charge in [-0.25, -0.2) is 0 Å². The third kappa shape index (κ3) is 2.51. The molecule has 1 aromatic heterocycles. The van der Waals surface area contributed by atoms with Crippen LogP contribution in [0.5, 0.6) is 0 Å². The van der Waals surface area contributed by atoms with Crippen LogP contribution in [0.2, 0.25) is 0 Å². The predicted octanol–water partition coefficient (Wildman–Crippen LogP) is 2.28. The summed E-state index contributed by atoms with van der Waals surface area (Å²) in [6.45, 7) is 0.332. The second-order valence-corrected chi connectivity index (χ2v) is 4.86. The van der Waals surface area contributed by atoms with Crippen LogP contribution >= 0.6 is 0 Å². The van der Waals surface area contributed by atoms with Crippen molar-refractivity contribution in [1.29, 1.82) is 0 Å². The first kappa shape index (κ1) is 13.3. The quantitative estimate of drug-likeness (QED) is 0.773. The number of nitrogens with two attached hydrogens (primary N) is 1. The molecule has 0 unspecified atom stereocenters. The molecule has 0 bridgehead atoms. The zero-order valence-electron chi connectivity index (χ0n) is 11.7. The second-order valence-electron chi connectivity index (χ2n) is 4.86. The molecule has 21 heavy (non-hydrogen) atoms. The Morgan fingerprint density at radius 3 is 2.81 bits per heavy atom. The van der Waals surface area contributed by atoms with Gasteiger partial charge in [-0.2, -0.15) is 5.10 Å². The standard InChI is InChI=1S/C16H16N4O/c1-20-10-12(9-17)15(19-20)18-16(21)14-8-4-6-11-5-2-3-7-13(11)14/h2-8,10H,9,17H2,1H3,(H,18,19,21). The summed E-state index contributed by atoms with van der Waals surface area (Å²) in [5.74, 6) is 0.332. The molecule has 0 saturated carbocycles. The summed E-state index contributed by atoms with van der Waals surface area (Å²) in [6, 6.07) is 13.5. The topological polar surface area (TPSA) is 72.9 Å². The average Bonchev–Trinajstić information content (AvgIpc) is 2.86. The van der Waals surface area contributed by atoms with E-state index >= 15 is 0 Å². The molecule has 3 N–H and O–H groups in total. The molecule has 5 heteroatoms. The van der Waals surface area contributed by atoms with Crippen LogP contribution in [-0.4, -0.2) is 15.7 Å². The number of hydrogen-bond acceptors (Lipinski definition) is 3. The van der Waals surface area contributed by atoms with Gasteiger partial charge < -0.3 is 11.1 Å². The van der Waals surface area contributed by atoms with E-state index in [-0.39, 0.29) is 5.91 Å². The first-order chi connectivity index (χ1) is 10.2. The maximum absolute atomic E-state index is 12.5. The number of benzene rings is 2. The zero-order valence-corrected chi connectivity index (χ0v) is 11.7. The van der Waals surface area contributed by atoms with Crippen molar-refractivity contribution in [1.82, 2.24) is 9.78 Å². The molecule has 3 rings (SSSR count). The number of rotatable bonds is 3. The fourth-order valence-electron chi connectivity index (χ4n) is 2.39. The van der Waals surface area contributed by atoms with Crippen LogP contribution in [0.3, 0.4) is 0 Å². The summed E-state index contributed by atoms with van der Waals surface area (Å²) in [5.41, 5.74) is 7.10. The van der Waals surface area contributed by atoms with E-state index in [1.165, 1.54) is 0 Å². The van der Waals surface area contributed by atoms with Gasteiger partial charge in [0.2, 0.25) is 0 Å². The van der Waals surface area contributed by atoms with Crippen LogP contribution < -0.4 is 11.1 Å². The van der Waals surface area contributed by atoms with Crippen molar-refractivity contribution in [2.75, 3.05) is 5.32 Å². The van der Waals surface area contributed by atoms with Crippen LogP contribution in [0, 0.1) is 0 Å². The minimum absolute atomic E-state index is 0.180. The number of amides is 1. The number of aryl methyl sites for hydroxylation is 1. The van der Waals surface area contributed by atoms with Gasteiger partial charge in [0, 0.05) is 30.9 Å². The molecule has 0 fully saturated rings. The van der Waals surface area contributed by atoms with E-state index in [0.29, 0.717) is 17.9 Å². The first-order valence-corrected chi connectivity index (χ1v) is 6.70. The molecular formula is C16H16N4O. The molecule has 106 valence electrons. The molecule has 0 aliphatic carbocycles. The van der Waals surface area contributed by atoms with Crippen molar-refractivity contribution in [2.24, 2.45) is 12.8 Å². The Morgan fingerprint density at radius 2 is 2.00 bits per heavy atom. The summed E-state index contributed by atoms with van der Waals surface area (Å²) >= 11 is 0. The summed E-state index contributed by atoms with van der Waals surface area (Å²) in [7, 11) is 1.80. The lowest BCUT2D eigenvalue weighted by Gasteiger charge is -2.07. The molecule has 0 aliphatic heterocycles. The number of hydrogen-bond donors (Lipinski definition) is 2. The number of aromatic nitrogens is 2. The van der Waals surface area contributed by atoms with E-state index in [1.807, 2.05) is 42.5 Å². The fraction of sp³-hybridized carbons (Fsp3) is 0.125. The summed E-state index contributed by atoms with van der Waals surface area (Å²) < 4.78 is 1.64. The van der Waals surface area contributed by atoms with Gasteiger partial charge in [0.05, 0.1) is 0 Å². The van der Waals surface area contributed by atoms with E-state index in [4.69, 9.17) is 5.73 Å². The first-order valence-electron chi connectivity index (χ1n) is 6.70. The van der Waals surface area contributed by atoms with Crippen LogP contribution in [-0.2, 0) is 13.6 Å². The van der Waals surface area contributed by atoms with E-state index in [2.05, 4.69) is 10.4 Å². The fourth-order valence-corrected chi connectivity index (χ4v) is 2.39. The maximum atomic E-state index is 12.5. The normalized spacial score (nSPS) is 10.8. The lowest BCUT2D eigenvalue weighted by atomic mass is 10.0. The number of anilines is 1. The van der Waals surface area contributed by atoms with Crippen molar-refractivity contribution in [3.63, 3.8) is 0 Å². The average molecular weight is 280 g/mol. The smallest absolute Gasteiger partial charge is 0.257 e. The molecule has 0 atom stereocenters. The third-order valence-electron chi connectivity index (χ3n) is 3.39. The van der Waals surface area contributed by atoms with E-state index in [1.54, 1.807) is 17.9 Å². The Hall–Kier alpha value is -2.66. The minimum atomic E-state index is -0.180. The maximum Gasteiger partial charge on any atom is 0.257 e. The molecule has 0 aliphatic rings. The molecule has 2 aromatic carbocycles. The van der Waals surface area contributed by atoms with E-state index < -0.39 is 0 Å². The molecule has 3 aromatic rings. The van der Waals surface area contributed by atoms with Crippen molar-refractivity contribution in [3.8, 4) is 0 Å². The molecule has 1 amide bonds. The second kappa shape index (κ2) is 5.38. The SMILES string of the molecule is Cn1cc(CN)c(NC(=O)c2cccc3ccccc23)n1. The highest BCUT2D eigenvalue weighted by molar-refractivity contribution is 6.12.